The molecule has 0 unspecified atom stereocenters. The molecule has 3 rings (SSSR count). The van der Waals surface area contributed by atoms with Gasteiger partial charge in [0, 0.05) is 25.9 Å². The molecule has 0 atom stereocenters. The van der Waals surface area contributed by atoms with Gasteiger partial charge in [-0.1, -0.05) is 24.6 Å². The molecule has 2 amide bonds. The van der Waals surface area contributed by atoms with Crippen LogP contribution in [0.5, 0.6) is 0 Å². The minimum atomic E-state index is -0.447. The van der Waals surface area contributed by atoms with Crippen LogP contribution in [0.25, 0.3) is 5.52 Å². The minimum absolute atomic E-state index is 0.165. The van der Waals surface area contributed by atoms with E-state index in [1.165, 1.54) is 0 Å². The molecule has 0 saturated heterocycles. The van der Waals surface area contributed by atoms with Crippen molar-refractivity contribution >= 4 is 23.1 Å². The molecule has 0 spiro atoms. The van der Waals surface area contributed by atoms with Gasteiger partial charge in [-0.3, -0.25) is 14.0 Å². The lowest BCUT2D eigenvalue weighted by molar-refractivity contribution is 0.0780. The second-order valence-electron chi connectivity index (χ2n) is 6.10. The van der Waals surface area contributed by atoms with E-state index >= 15 is 0 Å². The van der Waals surface area contributed by atoms with Gasteiger partial charge in [0.1, 0.15) is 5.76 Å². The van der Waals surface area contributed by atoms with Gasteiger partial charge in [0.15, 0.2) is 11.5 Å². The third kappa shape index (κ3) is 3.44. The van der Waals surface area contributed by atoms with Crippen molar-refractivity contribution in [2.75, 3.05) is 18.9 Å². The second-order valence-corrected chi connectivity index (χ2v) is 6.10. The number of amides is 2. The largest absolute Gasteiger partial charge is 0.360 e. The molecule has 136 valence electrons. The van der Waals surface area contributed by atoms with Gasteiger partial charge in [-0.15, -0.1) is 0 Å². The van der Waals surface area contributed by atoms with Crippen molar-refractivity contribution in [3.8, 4) is 0 Å². The van der Waals surface area contributed by atoms with Crippen LogP contribution in [0.15, 0.2) is 35.0 Å². The van der Waals surface area contributed by atoms with Crippen LogP contribution in [0.1, 0.15) is 46.6 Å². The number of anilines is 1. The Morgan fingerprint density at radius 2 is 2.15 bits per heavy atom. The van der Waals surface area contributed by atoms with Gasteiger partial charge in [-0.05, 0) is 25.5 Å². The first-order valence-corrected chi connectivity index (χ1v) is 8.48. The Balaban J connectivity index is 1.94. The second kappa shape index (κ2) is 7.38. The number of aryl methyl sites for hydroxylation is 1. The number of aromatic nitrogens is 3. The standard InChI is InChI=1S/C18H21N5O3/c1-4-5-9-22(3)18(25)16-20-15(13-8-6-7-10-23(13)16)17(24)19-14-11-12(2)26-21-14/h6-8,10-11H,4-5,9H2,1-3H3,(H,19,21,24). The lowest BCUT2D eigenvalue weighted by atomic mass is 10.3. The van der Waals surface area contributed by atoms with Crippen LogP contribution in [0, 0.1) is 6.92 Å². The van der Waals surface area contributed by atoms with Gasteiger partial charge in [0.2, 0.25) is 5.82 Å². The maximum Gasteiger partial charge on any atom is 0.289 e. The number of nitrogens with one attached hydrogen (secondary N) is 1. The molecule has 0 aromatic carbocycles. The molecular formula is C18H21N5O3. The Kier molecular flexibility index (Phi) is 5.01. The maximum absolute atomic E-state index is 12.7. The molecule has 8 heteroatoms. The number of unbranched alkanes of at least 4 members (excludes halogenated alkanes) is 1. The number of nitrogens with zero attached hydrogens (tertiary/aromatic N) is 4. The van der Waals surface area contributed by atoms with Crippen molar-refractivity contribution in [3.05, 3.63) is 47.7 Å². The summed E-state index contributed by atoms with van der Waals surface area (Å²) >= 11 is 0. The predicted molar refractivity (Wildman–Crippen MR) is 96.3 cm³/mol. The van der Waals surface area contributed by atoms with E-state index < -0.39 is 5.91 Å². The summed E-state index contributed by atoms with van der Waals surface area (Å²) in [4.78, 5) is 31.3. The van der Waals surface area contributed by atoms with Crippen molar-refractivity contribution in [2.45, 2.75) is 26.7 Å². The molecule has 0 radical (unpaired) electrons. The number of carbonyl (C=O) groups is 2. The summed E-state index contributed by atoms with van der Waals surface area (Å²) in [6.45, 7) is 4.44. The summed E-state index contributed by atoms with van der Waals surface area (Å²) in [7, 11) is 1.74. The Hall–Kier alpha value is -3.16. The highest BCUT2D eigenvalue weighted by atomic mass is 16.5. The average Bonchev–Trinajstić information content (AvgIpc) is 3.22. The number of fused-ring (bicyclic) bond motifs is 1. The van der Waals surface area contributed by atoms with Gasteiger partial charge < -0.3 is 14.7 Å². The molecule has 8 nitrogen and oxygen atoms in total. The van der Waals surface area contributed by atoms with E-state index in [1.54, 1.807) is 53.7 Å². The Morgan fingerprint density at radius 1 is 1.35 bits per heavy atom. The third-order valence-electron chi connectivity index (χ3n) is 4.02. The van der Waals surface area contributed by atoms with E-state index in [-0.39, 0.29) is 17.4 Å². The van der Waals surface area contributed by atoms with E-state index in [0.717, 1.165) is 12.8 Å². The fraction of sp³-hybridized carbons (Fsp3) is 0.333. The Morgan fingerprint density at radius 3 is 2.85 bits per heavy atom. The lowest BCUT2D eigenvalue weighted by Gasteiger charge is -2.15. The van der Waals surface area contributed by atoms with E-state index in [4.69, 9.17) is 4.52 Å². The summed E-state index contributed by atoms with van der Waals surface area (Å²) in [6.07, 6.45) is 3.62. The van der Waals surface area contributed by atoms with Crippen molar-refractivity contribution in [1.82, 2.24) is 19.4 Å². The number of rotatable bonds is 6. The van der Waals surface area contributed by atoms with Crippen LogP contribution in [0.3, 0.4) is 0 Å². The normalized spacial score (nSPS) is 10.9. The van der Waals surface area contributed by atoms with Gasteiger partial charge in [-0.2, -0.15) is 0 Å². The third-order valence-corrected chi connectivity index (χ3v) is 4.02. The molecule has 0 aliphatic rings. The van der Waals surface area contributed by atoms with Crippen LogP contribution in [0.2, 0.25) is 0 Å². The van der Waals surface area contributed by atoms with Crippen molar-refractivity contribution in [3.63, 3.8) is 0 Å². The maximum atomic E-state index is 12.7. The fourth-order valence-corrected chi connectivity index (χ4v) is 2.62. The minimum Gasteiger partial charge on any atom is -0.360 e. The first kappa shape index (κ1) is 17.7. The van der Waals surface area contributed by atoms with Crippen LogP contribution >= 0.6 is 0 Å². The molecule has 0 saturated carbocycles. The number of hydrogen-bond donors (Lipinski definition) is 1. The van der Waals surface area contributed by atoms with Gasteiger partial charge >= 0.3 is 0 Å². The van der Waals surface area contributed by atoms with Gasteiger partial charge in [0.05, 0.1) is 5.52 Å². The summed E-state index contributed by atoms with van der Waals surface area (Å²) in [6, 6.07) is 6.95. The van der Waals surface area contributed by atoms with E-state index in [2.05, 4.69) is 22.4 Å². The SMILES string of the molecule is CCCCN(C)C(=O)c1nc(C(=O)Nc2cc(C)on2)c2ccccn12. The number of pyridine rings is 1. The van der Waals surface area contributed by atoms with Crippen molar-refractivity contribution in [2.24, 2.45) is 0 Å². The number of carbonyl (C=O) groups excluding carboxylic acids is 2. The molecule has 0 aliphatic heterocycles. The van der Waals surface area contributed by atoms with E-state index in [0.29, 0.717) is 23.6 Å². The predicted octanol–water partition coefficient (Wildman–Crippen LogP) is 2.76. The fourth-order valence-electron chi connectivity index (χ4n) is 2.62. The summed E-state index contributed by atoms with van der Waals surface area (Å²) in [5, 5.41) is 6.39. The first-order chi connectivity index (χ1) is 12.5. The van der Waals surface area contributed by atoms with Crippen molar-refractivity contribution < 1.29 is 14.1 Å². The topological polar surface area (TPSA) is 92.7 Å². The van der Waals surface area contributed by atoms with Crippen LogP contribution < -0.4 is 5.32 Å². The highest BCUT2D eigenvalue weighted by Crippen LogP contribution is 2.17. The highest BCUT2D eigenvalue weighted by Gasteiger charge is 2.24. The van der Waals surface area contributed by atoms with Crippen LogP contribution in [-0.4, -0.2) is 44.8 Å². The van der Waals surface area contributed by atoms with Crippen LogP contribution in [0.4, 0.5) is 5.82 Å². The quantitative estimate of drug-likeness (QED) is 0.734. The molecule has 26 heavy (non-hydrogen) atoms. The molecule has 3 heterocycles. The zero-order chi connectivity index (χ0) is 18.7. The molecule has 0 bridgehead atoms. The Bertz CT molecular complexity index is 943. The monoisotopic (exact) mass is 355 g/mol. The molecular weight excluding hydrogens is 334 g/mol. The zero-order valence-electron chi connectivity index (χ0n) is 15.0. The average molecular weight is 355 g/mol. The van der Waals surface area contributed by atoms with Gasteiger partial charge in [-0.25, -0.2) is 4.98 Å². The molecule has 3 aromatic heterocycles. The van der Waals surface area contributed by atoms with E-state index in [9.17, 15) is 9.59 Å². The summed E-state index contributed by atoms with van der Waals surface area (Å²) in [5.41, 5.74) is 0.718. The Labute approximate surface area is 150 Å². The number of hydrogen-bond acceptors (Lipinski definition) is 5. The first-order valence-electron chi connectivity index (χ1n) is 8.48. The van der Waals surface area contributed by atoms with Crippen molar-refractivity contribution in [1.29, 1.82) is 0 Å². The van der Waals surface area contributed by atoms with Gasteiger partial charge in [0.25, 0.3) is 11.8 Å². The van der Waals surface area contributed by atoms with E-state index in [1.807, 2.05) is 0 Å². The molecule has 0 aliphatic carbocycles. The highest BCUT2D eigenvalue weighted by molar-refractivity contribution is 6.08. The molecule has 0 fully saturated rings. The summed E-state index contributed by atoms with van der Waals surface area (Å²) in [5.74, 6) is 0.426. The smallest absolute Gasteiger partial charge is 0.289 e. The summed E-state index contributed by atoms with van der Waals surface area (Å²) < 4.78 is 6.58. The molecule has 1 N–H and O–H groups in total. The zero-order valence-corrected chi connectivity index (χ0v) is 15.0. The lowest BCUT2D eigenvalue weighted by Crippen LogP contribution is -2.29. The van der Waals surface area contributed by atoms with Crippen LogP contribution in [-0.2, 0) is 0 Å². The number of imidazole rings is 1. The molecule has 3 aromatic rings.